The number of benzene rings is 1. The molecule has 0 atom stereocenters. The van der Waals surface area contributed by atoms with Gasteiger partial charge in [-0.05, 0) is 58.1 Å². The molecule has 1 aromatic rings. The van der Waals surface area contributed by atoms with E-state index < -0.39 is 28.3 Å². The fourth-order valence-corrected chi connectivity index (χ4v) is 4.80. The molecule has 0 spiro atoms. The van der Waals surface area contributed by atoms with Crippen LogP contribution in [-0.4, -0.2) is 44.1 Å². The zero-order valence-corrected chi connectivity index (χ0v) is 16.4. The van der Waals surface area contributed by atoms with E-state index in [9.17, 15) is 8.42 Å². The molecule has 0 amide bonds. The van der Waals surface area contributed by atoms with E-state index in [0.29, 0.717) is 18.0 Å². The Balaban J connectivity index is 1.87. The largest absolute Gasteiger partial charge is 0.494 e. The van der Waals surface area contributed by atoms with Crippen molar-refractivity contribution in [2.45, 2.75) is 69.5 Å². The summed E-state index contributed by atoms with van der Waals surface area (Å²) in [5.41, 5.74) is -0.149. The zero-order chi connectivity index (χ0) is 18.3. The minimum atomic E-state index is -3.47. The van der Waals surface area contributed by atoms with Crippen LogP contribution >= 0.6 is 0 Å². The van der Waals surface area contributed by atoms with Gasteiger partial charge in [-0.2, -0.15) is 4.31 Å². The second-order valence-electron chi connectivity index (χ2n) is 7.98. The molecule has 2 aliphatic rings. The first-order chi connectivity index (χ1) is 11.6. The smallest absolute Gasteiger partial charge is 0.399 e. The van der Waals surface area contributed by atoms with Gasteiger partial charge in [-0.1, -0.05) is 25.0 Å². The Morgan fingerprint density at radius 3 is 2.08 bits per heavy atom. The standard InChI is InChI=1S/C18H28BNO4S/c1-17(2)18(3,4)24-19(23-17)15-10-9-11-16(14-15)25(21,22)20-12-7-5-6-8-13-20/h9-11,14H,5-8,12-13H2,1-4H3. The first-order valence-electron chi connectivity index (χ1n) is 9.09. The Morgan fingerprint density at radius 1 is 0.960 bits per heavy atom. The minimum absolute atomic E-state index is 0.321. The van der Waals surface area contributed by atoms with Crippen molar-refractivity contribution in [1.82, 2.24) is 4.31 Å². The monoisotopic (exact) mass is 365 g/mol. The molecular formula is C18H28BNO4S. The van der Waals surface area contributed by atoms with Gasteiger partial charge in [0.2, 0.25) is 10.0 Å². The van der Waals surface area contributed by atoms with Crippen LogP contribution in [0.3, 0.4) is 0 Å². The van der Waals surface area contributed by atoms with E-state index in [-0.39, 0.29) is 0 Å². The van der Waals surface area contributed by atoms with Crippen molar-refractivity contribution in [1.29, 1.82) is 0 Å². The highest BCUT2D eigenvalue weighted by Gasteiger charge is 2.51. The van der Waals surface area contributed by atoms with Gasteiger partial charge >= 0.3 is 7.12 Å². The molecule has 1 aromatic carbocycles. The molecule has 0 radical (unpaired) electrons. The SMILES string of the molecule is CC1(C)OB(c2cccc(S(=O)(=O)N3CCCCCC3)c2)OC1(C)C. The number of hydrogen-bond acceptors (Lipinski definition) is 4. The van der Waals surface area contributed by atoms with E-state index in [4.69, 9.17) is 9.31 Å². The molecule has 0 N–H and O–H groups in total. The summed E-state index contributed by atoms with van der Waals surface area (Å²) in [7, 11) is -4.02. The highest BCUT2D eigenvalue weighted by atomic mass is 32.2. The molecule has 2 fully saturated rings. The quantitative estimate of drug-likeness (QED) is 0.773. The average molecular weight is 365 g/mol. The summed E-state index contributed by atoms with van der Waals surface area (Å²) >= 11 is 0. The lowest BCUT2D eigenvalue weighted by Crippen LogP contribution is -2.41. The molecule has 2 saturated heterocycles. The molecule has 25 heavy (non-hydrogen) atoms. The summed E-state index contributed by atoms with van der Waals surface area (Å²) < 4.78 is 39.7. The number of sulfonamides is 1. The van der Waals surface area contributed by atoms with Gasteiger partial charge in [-0.3, -0.25) is 0 Å². The van der Waals surface area contributed by atoms with Crippen molar-refractivity contribution in [3.05, 3.63) is 24.3 Å². The molecule has 5 nitrogen and oxygen atoms in total. The van der Waals surface area contributed by atoms with Gasteiger partial charge in [-0.15, -0.1) is 0 Å². The van der Waals surface area contributed by atoms with Gasteiger partial charge < -0.3 is 9.31 Å². The zero-order valence-electron chi connectivity index (χ0n) is 15.6. The molecule has 0 unspecified atom stereocenters. The highest BCUT2D eigenvalue weighted by Crippen LogP contribution is 2.36. The van der Waals surface area contributed by atoms with E-state index in [2.05, 4.69) is 0 Å². The van der Waals surface area contributed by atoms with Crippen LogP contribution in [0.15, 0.2) is 29.2 Å². The second kappa shape index (κ2) is 6.69. The molecule has 138 valence electrons. The predicted octanol–water partition coefficient (Wildman–Crippen LogP) is 2.55. The third-order valence-electron chi connectivity index (χ3n) is 5.59. The summed E-state index contributed by atoms with van der Waals surface area (Å²) in [6, 6.07) is 6.99. The Hall–Kier alpha value is -0.885. The van der Waals surface area contributed by atoms with Crippen LogP contribution in [0, 0.1) is 0 Å². The molecular weight excluding hydrogens is 337 g/mol. The third-order valence-corrected chi connectivity index (χ3v) is 7.48. The summed E-state index contributed by atoms with van der Waals surface area (Å²) in [5, 5.41) is 0. The Morgan fingerprint density at radius 2 is 1.52 bits per heavy atom. The van der Waals surface area contributed by atoms with E-state index >= 15 is 0 Å². The molecule has 0 bridgehead atoms. The molecule has 2 heterocycles. The predicted molar refractivity (Wildman–Crippen MR) is 99.4 cm³/mol. The van der Waals surface area contributed by atoms with Crippen molar-refractivity contribution < 1.29 is 17.7 Å². The Labute approximate surface area is 151 Å². The summed E-state index contributed by atoms with van der Waals surface area (Å²) in [6.07, 6.45) is 4.05. The first-order valence-corrected chi connectivity index (χ1v) is 10.5. The van der Waals surface area contributed by atoms with Gasteiger partial charge in [0.15, 0.2) is 0 Å². The van der Waals surface area contributed by atoms with Crippen molar-refractivity contribution in [2.24, 2.45) is 0 Å². The van der Waals surface area contributed by atoms with Crippen LogP contribution in [0.1, 0.15) is 53.4 Å². The summed E-state index contributed by atoms with van der Waals surface area (Å²) in [4.78, 5) is 0.321. The van der Waals surface area contributed by atoms with Gasteiger partial charge in [0, 0.05) is 13.1 Å². The molecule has 0 aromatic heterocycles. The fourth-order valence-electron chi connectivity index (χ4n) is 3.23. The maximum absolute atomic E-state index is 13.0. The van der Waals surface area contributed by atoms with Gasteiger partial charge in [0.05, 0.1) is 16.1 Å². The molecule has 2 aliphatic heterocycles. The number of nitrogens with zero attached hydrogens (tertiary/aromatic N) is 1. The summed E-state index contributed by atoms with van der Waals surface area (Å²) in [5.74, 6) is 0. The number of hydrogen-bond donors (Lipinski definition) is 0. The van der Waals surface area contributed by atoms with Crippen LogP contribution < -0.4 is 5.46 Å². The lowest BCUT2D eigenvalue weighted by molar-refractivity contribution is 0.00578. The maximum atomic E-state index is 13.0. The normalized spacial score (nSPS) is 24.2. The third kappa shape index (κ3) is 3.65. The summed E-state index contributed by atoms with van der Waals surface area (Å²) in [6.45, 7) is 9.16. The molecule has 7 heteroatoms. The highest BCUT2D eigenvalue weighted by molar-refractivity contribution is 7.89. The Kier molecular flexibility index (Phi) is 5.05. The minimum Gasteiger partial charge on any atom is -0.399 e. The van der Waals surface area contributed by atoms with Crippen LogP contribution in [0.5, 0.6) is 0 Å². The second-order valence-corrected chi connectivity index (χ2v) is 9.92. The van der Waals surface area contributed by atoms with E-state index in [0.717, 1.165) is 31.1 Å². The maximum Gasteiger partial charge on any atom is 0.494 e. The lowest BCUT2D eigenvalue weighted by Gasteiger charge is -2.32. The van der Waals surface area contributed by atoms with E-state index in [1.807, 2.05) is 33.8 Å². The van der Waals surface area contributed by atoms with Crippen molar-refractivity contribution in [2.75, 3.05) is 13.1 Å². The average Bonchev–Trinajstić information content (AvgIpc) is 2.76. The van der Waals surface area contributed by atoms with Gasteiger partial charge in [-0.25, -0.2) is 8.42 Å². The van der Waals surface area contributed by atoms with Crippen LogP contribution in [0.2, 0.25) is 0 Å². The van der Waals surface area contributed by atoms with Crippen LogP contribution in [0.4, 0.5) is 0 Å². The van der Waals surface area contributed by atoms with Crippen LogP contribution in [0.25, 0.3) is 0 Å². The van der Waals surface area contributed by atoms with Crippen LogP contribution in [-0.2, 0) is 19.3 Å². The van der Waals surface area contributed by atoms with Crippen molar-refractivity contribution in [3.8, 4) is 0 Å². The Bertz CT molecular complexity index is 708. The number of rotatable bonds is 3. The van der Waals surface area contributed by atoms with Crippen molar-refractivity contribution in [3.63, 3.8) is 0 Å². The van der Waals surface area contributed by atoms with Gasteiger partial charge in [0.25, 0.3) is 0 Å². The molecule has 0 saturated carbocycles. The van der Waals surface area contributed by atoms with Crippen molar-refractivity contribution >= 4 is 22.6 Å². The topological polar surface area (TPSA) is 55.8 Å². The lowest BCUT2D eigenvalue weighted by atomic mass is 9.79. The first kappa shape index (κ1) is 18.9. The molecule has 3 rings (SSSR count). The fraction of sp³-hybridized carbons (Fsp3) is 0.667. The van der Waals surface area contributed by atoms with Gasteiger partial charge in [0.1, 0.15) is 0 Å². The van der Waals surface area contributed by atoms with E-state index in [1.54, 1.807) is 22.5 Å². The molecule has 0 aliphatic carbocycles. The van der Waals surface area contributed by atoms with E-state index in [1.165, 1.54) is 0 Å².